The summed E-state index contributed by atoms with van der Waals surface area (Å²) < 4.78 is 29.2. The Morgan fingerprint density at radius 1 is 1.26 bits per heavy atom. The van der Waals surface area contributed by atoms with Crippen LogP contribution >= 0.6 is 0 Å². The van der Waals surface area contributed by atoms with Gasteiger partial charge in [0.1, 0.15) is 0 Å². The van der Waals surface area contributed by atoms with E-state index in [1.54, 1.807) is 13.8 Å². The third-order valence-corrected chi connectivity index (χ3v) is 5.90. The summed E-state index contributed by atoms with van der Waals surface area (Å²) in [6, 6.07) is 4.53. The Morgan fingerprint density at radius 3 is 2.39 bits per heavy atom. The number of benzene rings is 1. The average molecular weight is 341 g/mol. The summed E-state index contributed by atoms with van der Waals surface area (Å²) in [7, 11) is -3.41. The molecule has 0 saturated carbocycles. The van der Waals surface area contributed by atoms with Gasteiger partial charge in [0.25, 0.3) is 5.91 Å². The molecule has 1 aromatic carbocycles. The number of ether oxygens (including phenoxy) is 1. The predicted molar refractivity (Wildman–Crippen MR) is 82.0 cm³/mol. The van der Waals surface area contributed by atoms with Gasteiger partial charge < -0.3 is 14.7 Å². The van der Waals surface area contributed by atoms with Crippen LogP contribution in [-0.2, 0) is 19.4 Å². The number of carbonyl (C=O) groups excluding carboxylic acids is 1. The fourth-order valence-corrected chi connectivity index (χ4v) is 3.34. The average Bonchev–Trinajstić information content (AvgIpc) is 2.54. The van der Waals surface area contributed by atoms with Crippen LogP contribution in [0.4, 0.5) is 0 Å². The normalized spacial score (nSPS) is 18.9. The van der Waals surface area contributed by atoms with E-state index in [0.717, 1.165) is 0 Å². The zero-order valence-electron chi connectivity index (χ0n) is 12.9. The summed E-state index contributed by atoms with van der Waals surface area (Å²) in [5, 5.41) is 8.61. The maximum atomic E-state index is 12.5. The van der Waals surface area contributed by atoms with Crippen molar-refractivity contribution in [2.45, 2.75) is 30.0 Å². The van der Waals surface area contributed by atoms with Gasteiger partial charge in [-0.3, -0.25) is 4.79 Å². The summed E-state index contributed by atoms with van der Waals surface area (Å²) in [4.78, 5) is 25.0. The standard InChI is InChI=1S/C15H19NO6S/c1-10(2)23(20,21)12-5-3-11(4-6-12)14(17)16-7-8-22-9-13(16)15(18)19/h3-6,10,13H,7-9H2,1-2H3,(H,18,19)/t13-/m0/s1. The van der Waals surface area contributed by atoms with E-state index in [1.165, 1.54) is 29.2 Å². The van der Waals surface area contributed by atoms with Crippen molar-refractivity contribution in [3.8, 4) is 0 Å². The van der Waals surface area contributed by atoms with Gasteiger partial charge >= 0.3 is 5.97 Å². The lowest BCUT2D eigenvalue weighted by atomic mass is 10.1. The Balaban J connectivity index is 2.25. The van der Waals surface area contributed by atoms with Gasteiger partial charge in [-0.05, 0) is 38.1 Å². The van der Waals surface area contributed by atoms with Gasteiger partial charge in [-0.2, -0.15) is 0 Å². The van der Waals surface area contributed by atoms with Gasteiger partial charge in [-0.1, -0.05) is 0 Å². The molecule has 1 saturated heterocycles. The van der Waals surface area contributed by atoms with Crippen molar-refractivity contribution in [2.75, 3.05) is 19.8 Å². The van der Waals surface area contributed by atoms with Gasteiger partial charge in [0, 0.05) is 12.1 Å². The highest BCUT2D eigenvalue weighted by Crippen LogP contribution is 2.18. The molecule has 1 atom stereocenters. The molecule has 1 amide bonds. The van der Waals surface area contributed by atoms with Crippen LogP contribution in [0.2, 0.25) is 0 Å². The van der Waals surface area contributed by atoms with E-state index in [-0.39, 0.29) is 30.2 Å². The number of hydrogen-bond donors (Lipinski definition) is 1. The van der Waals surface area contributed by atoms with Gasteiger partial charge in [0.05, 0.1) is 23.4 Å². The Bertz CT molecular complexity index is 695. The molecule has 1 aliphatic rings. The molecule has 0 unspecified atom stereocenters. The Morgan fingerprint density at radius 2 is 1.87 bits per heavy atom. The van der Waals surface area contributed by atoms with Crippen LogP contribution in [0.1, 0.15) is 24.2 Å². The number of carbonyl (C=O) groups is 2. The molecule has 1 fully saturated rings. The molecule has 2 rings (SSSR count). The highest BCUT2D eigenvalue weighted by Gasteiger charge is 2.33. The van der Waals surface area contributed by atoms with E-state index in [1.807, 2.05) is 0 Å². The Kier molecular flexibility index (Phi) is 5.06. The summed E-state index contributed by atoms with van der Waals surface area (Å²) >= 11 is 0. The molecular weight excluding hydrogens is 322 g/mol. The van der Waals surface area contributed by atoms with Crippen LogP contribution in [0, 0.1) is 0 Å². The Hall–Kier alpha value is -1.93. The van der Waals surface area contributed by atoms with Crippen molar-refractivity contribution >= 4 is 21.7 Å². The SMILES string of the molecule is CC(C)S(=O)(=O)c1ccc(C(=O)N2CCOC[C@H]2C(=O)O)cc1. The molecule has 1 heterocycles. The molecule has 1 aromatic rings. The molecule has 0 bridgehead atoms. The number of rotatable bonds is 4. The van der Waals surface area contributed by atoms with Crippen molar-refractivity contribution in [1.82, 2.24) is 4.90 Å². The van der Waals surface area contributed by atoms with Crippen LogP contribution in [0.15, 0.2) is 29.2 Å². The van der Waals surface area contributed by atoms with Gasteiger partial charge in [0.15, 0.2) is 15.9 Å². The van der Waals surface area contributed by atoms with Crippen LogP contribution in [0.3, 0.4) is 0 Å². The fourth-order valence-electron chi connectivity index (χ4n) is 2.28. The van der Waals surface area contributed by atoms with Crippen LogP contribution in [-0.4, -0.2) is 61.4 Å². The highest BCUT2D eigenvalue weighted by atomic mass is 32.2. The first-order valence-electron chi connectivity index (χ1n) is 7.20. The van der Waals surface area contributed by atoms with E-state index in [0.29, 0.717) is 0 Å². The molecule has 1 N–H and O–H groups in total. The van der Waals surface area contributed by atoms with Crippen molar-refractivity contribution < 1.29 is 27.9 Å². The molecule has 23 heavy (non-hydrogen) atoms. The molecule has 8 heteroatoms. The van der Waals surface area contributed by atoms with Gasteiger partial charge in [-0.25, -0.2) is 13.2 Å². The van der Waals surface area contributed by atoms with E-state index in [9.17, 15) is 18.0 Å². The first-order valence-corrected chi connectivity index (χ1v) is 8.75. The summed E-state index contributed by atoms with van der Waals surface area (Å²) in [5.74, 6) is -1.58. The highest BCUT2D eigenvalue weighted by molar-refractivity contribution is 7.92. The first-order chi connectivity index (χ1) is 10.7. The molecule has 0 spiro atoms. The lowest BCUT2D eigenvalue weighted by molar-refractivity contribution is -0.147. The lowest BCUT2D eigenvalue weighted by Gasteiger charge is -2.32. The number of carboxylic acid groups (broad SMARTS) is 1. The first kappa shape index (κ1) is 17.4. The topological polar surface area (TPSA) is 101 Å². The van der Waals surface area contributed by atoms with Crippen LogP contribution < -0.4 is 0 Å². The summed E-state index contributed by atoms with van der Waals surface area (Å²) in [6.07, 6.45) is 0. The fraction of sp³-hybridized carbons (Fsp3) is 0.467. The monoisotopic (exact) mass is 341 g/mol. The summed E-state index contributed by atoms with van der Waals surface area (Å²) in [5.41, 5.74) is 0.251. The zero-order chi connectivity index (χ0) is 17.2. The molecule has 7 nitrogen and oxygen atoms in total. The van der Waals surface area contributed by atoms with Crippen LogP contribution in [0.5, 0.6) is 0 Å². The third-order valence-electron chi connectivity index (χ3n) is 3.72. The molecule has 126 valence electrons. The van der Waals surface area contributed by atoms with Gasteiger partial charge in [-0.15, -0.1) is 0 Å². The number of nitrogens with zero attached hydrogens (tertiary/aromatic N) is 1. The van der Waals surface area contributed by atoms with E-state index in [2.05, 4.69) is 0 Å². The maximum Gasteiger partial charge on any atom is 0.328 e. The van der Waals surface area contributed by atoms with E-state index in [4.69, 9.17) is 9.84 Å². The minimum atomic E-state index is -3.41. The number of carboxylic acids is 1. The lowest BCUT2D eigenvalue weighted by Crippen LogP contribution is -2.52. The van der Waals surface area contributed by atoms with Crippen molar-refractivity contribution in [3.63, 3.8) is 0 Å². The number of amides is 1. The van der Waals surface area contributed by atoms with Crippen LogP contribution in [0.25, 0.3) is 0 Å². The number of aliphatic carboxylic acids is 1. The molecule has 1 aliphatic heterocycles. The van der Waals surface area contributed by atoms with Gasteiger partial charge in [0.2, 0.25) is 0 Å². The smallest absolute Gasteiger partial charge is 0.328 e. The maximum absolute atomic E-state index is 12.5. The molecular formula is C15H19NO6S. The number of morpholine rings is 1. The predicted octanol–water partition coefficient (Wildman–Crippen LogP) is 0.794. The van der Waals surface area contributed by atoms with Crippen molar-refractivity contribution in [2.24, 2.45) is 0 Å². The van der Waals surface area contributed by atoms with E-state index < -0.39 is 33.0 Å². The molecule has 0 aromatic heterocycles. The number of sulfone groups is 1. The van der Waals surface area contributed by atoms with E-state index >= 15 is 0 Å². The number of hydrogen-bond acceptors (Lipinski definition) is 5. The quantitative estimate of drug-likeness (QED) is 0.869. The second kappa shape index (κ2) is 6.67. The zero-order valence-corrected chi connectivity index (χ0v) is 13.7. The Labute approximate surface area is 134 Å². The molecule has 0 aliphatic carbocycles. The minimum Gasteiger partial charge on any atom is -0.480 e. The second-order valence-corrected chi connectivity index (χ2v) is 8.05. The van der Waals surface area contributed by atoms with Crippen molar-refractivity contribution in [1.29, 1.82) is 0 Å². The minimum absolute atomic E-state index is 0.0547. The summed E-state index contributed by atoms with van der Waals surface area (Å²) in [6.45, 7) is 3.57. The molecule has 0 radical (unpaired) electrons. The third kappa shape index (κ3) is 3.53. The van der Waals surface area contributed by atoms with Crippen molar-refractivity contribution in [3.05, 3.63) is 29.8 Å². The largest absolute Gasteiger partial charge is 0.480 e. The second-order valence-electron chi connectivity index (χ2n) is 5.55.